The van der Waals surface area contributed by atoms with Gasteiger partial charge in [0, 0.05) is 18.4 Å². The second-order valence-electron chi connectivity index (χ2n) is 9.31. The first-order valence-corrected chi connectivity index (χ1v) is 11.6. The molecule has 5 rings (SSSR count). The Kier molecular flexibility index (Phi) is 5.78. The molecule has 170 valence electrons. The van der Waals surface area contributed by atoms with Crippen molar-refractivity contribution in [3.05, 3.63) is 53.2 Å². The molecule has 0 spiro atoms. The van der Waals surface area contributed by atoms with E-state index >= 15 is 0 Å². The van der Waals surface area contributed by atoms with E-state index in [9.17, 15) is 13.6 Å². The standard InChI is InChI=1S/C24H26ClF2N3O2/c1-13(32-23-10-22(25)28-12-29-23)19-9-20(18-6-5-17(18)19)24(31)30-11-16(27)8-21(30)14-3-2-4-15(26)7-14/h2-4,7,10,12-13,16-21H,5-6,8-9,11H2,1H3/t13?,16?,17?,18?,19?,20-,21?/m0/s1. The fourth-order valence-electron chi connectivity index (χ4n) is 5.98. The summed E-state index contributed by atoms with van der Waals surface area (Å²) in [6.07, 6.45) is 3.14. The van der Waals surface area contributed by atoms with Gasteiger partial charge in [-0.05, 0) is 61.6 Å². The molecule has 8 heteroatoms. The van der Waals surface area contributed by atoms with Crippen LogP contribution in [0.5, 0.6) is 5.88 Å². The summed E-state index contributed by atoms with van der Waals surface area (Å²) >= 11 is 5.94. The molecule has 2 heterocycles. The highest BCUT2D eigenvalue weighted by molar-refractivity contribution is 6.29. The number of carbonyl (C=O) groups excluding carboxylic acids is 1. The van der Waals surface area contributed by atoms with Gasteiger partial charge in [-0.2, -0.15) is 0 Å². The molecule has 0 bridgehead atoms. The summed E-state index contributed by atoms with van der Waals surface area (Å²) in [6, 6.07) is 7.34. The second kappa shape index (κ2) is 8.58. The summed E-state index contributed by atoms with van der Waals surface area (Å²) in [5.74, 6) is 0.816. The number of hydrogen-bond acceptors (Lipinski definition) is 4. The molecule has 0 N–H and O–H groups in total. The zero-order chi connectivity index (χ0) is 22.4. The van der Waals surface area contributed by atoms with Gasteiger partial charge in [0.2, 0.25) is 11.8 Å². The van der Waals surface area contributed by atoms with Crippen molar-refractivity contribution < 1.29 is 18.3 Å². The first-order valence-electron chi connectivity index (χ1n) is 11.2. The normalized spacial score (nSPS) is 32.3. The molecule has 1 saturated heterocycles. The minimum atomic E-state index is -1.09. The zero-order valence-corrected chi connectivity index (χ0v) is 18.6. The van der Waals surface area contributed by atoms with Gasteiger partial charge in [0.15, 0.2) is 0 Å². The van der Waals surface area contributed by atoms with Crippen molar-refractivity contribution in [2.75, 3.05) is 6.54 Å². The minimum Gasteiger partial charge on any atom is -0.474 e. The van der Waals surface area contributed by atoms with Gasteiger partial charge < -0.3 is 9.64 Å². The maximum atomic E-state index is 14.4. The average molecular weight is 462 g/mol. The highest BCUT2D eigenvalue weighted by Crippen LogP contribution is 2.56. The van der Waals surface area contributed by atoms with Crippen molar-refractivity contribution in [3.8, 4) is 5.88 Å². The van der Waals surface area contributed by atoms with Gasteiger partial charge in [-0.15, -0.1) is 0 Å². The Bertz CT molecular complexity index is 1010. The number of rotatable bonds is 5. The Morgan fingerprint density at radius 2 is 2.03 bits per heavy atom. The topological polar surface area (TPSA) is 55.3 Å². The molecule has 3 fully saturated rings. The lowest BCUT2D eigenvalue weighted by Gasteiger charge is -2.38. The van der Waals surface area contributed by atoms with Gasteiger partial charge >= 0.3 is 0 Å². The predicted octanol–water partition coefficient (Wildman–Crippen LogP) is 5.01. The molecular weight excluding hydrogens is 436 g/mol. The number of carbonyl (C=O) groups is 1. The average Bonchev–Trinajstić information content (AvgIpc) is 3.24. The molecule has 1 aliphatic heterocycles. The van der Waals surface area contributed by atoms with E-state index < -0.39 is 12.2 Å². The predicted molar refractivity (Wildman–Crippen MR) is 115 cm³/mol. The quantitative estimate of drug-likeness (QED) is 0.587. The van der Waals surface area contributed by atoms with Crippen molar-refractivity contribution in [2.45, 2.75) is 50.9 Å². The van der Waals surface area contributed by atoms with Gasteiger partial charge in [0.1, 0.15) is 29.6 Å². The second-order valence-corrected chi connectivity index (χ2v) is 9.69. The van der Waals surface area contributed by atoms with Crippen molar-refractivity contribution in [2.24, 2.45) is 23.7 Å². The molecule has 0 radical (unpaired) electrons. The maximum Gasteiger partial charge on any atom is 0.226 e. The Hall–Kier alpha value is -2.28. The zero-order valence-electron chi connectivity index (χ0n) is 17.8. The molecule has 2 aromatic rings. The summed E-state index contributed by atoms with van der Waals surface area (Å²) in [5.41, 5.74) is 0.663. The Morgan fingerprint density at radius 1 is 1.22 bits per heavy atom. The van der Waals surface area contributed by atoms with Crippen molar-refractivity contribution in [1.29, 1.82) is 0 Å². The van der Waals surface area contributed by atoms with Crippen LogP contribution < -0.4 is 4.74 Å². The molecule has 32 heavy (non-hydrogen) atoms. The van der Waals surface area contributed by atoms with E-state index in [4.69, 9.17) is 16.3 Å². The number of halogens is 3. The summed E-state index contributed by atoms with van der Waals surface area (Å²) in [5, 5.41) is 0.321. The third-order valence-corrected chi connectivity index (χ3v) is 7.78. The molecular formula is C24H26ClF2N3O2. The molecule has 6 unspecified atom stereocenters. The van der Waals surface area contributed by atoms with Crippen LogP contribution in [0.15, 0.2) is 36.7 Å². The molecule has 1 aromatic heterocycles. The van der Waals surface area contributed by atoms with E-state index in [2.05, 4.69) is 9.97 Å². The van der Waals surface area contributed by atoms with E-state index in [1.165, 1.54) is 18.5 Å². The number of likely N-dealkylation sites (tertiary alicyclic amines) is 1. The number of fused-ring (bicyclic) bond motifs is 1. The lowest BCUT2D eigenvalue weighted by Crippen LogP contribution is -2.40. The van der Waals surface area contributed by atoms with Gasteiger partial charge in [-0.3, -0.25) is 4.79 Å². The molecule has 7 atom stereocenters. The van der Waals surface area contributed by atoms with Gasteiger partial charge in [0.05, 0.1) is 12.6 Å². The fraction of sp³-hybridized carbons (Fsp3) is 0.542. The number of hydrogen-bond donors (Lipinski definition) is 0. The molecule has 2 aliphatic carbocycles. The van der Waals surface area contributed by atoms with Crippen LogP contribution in [0.2, 0.25) is 5.15 Å². The Labute approximate surface area is 191 Å². The molecule has 5 nitrogen and oxygen atoms in total. The van der Waals surface area contributed by atoms with Crippen LogP contribution in [0.4, 0.5) is 8.78 Å². The van der Waals surface area contributed by atoms with Crippen molar-refractivity contribution >= 4 is 17.5 Å². The first kappa shape index (κ1) is 21.6. The van der Waals surface area contributed by atoms with Crippen LogP contribution in [-0.2, 0) is 4.79 Å². The number of aromatic nitrogens is 2. The smallest absolute Gasteiger partial charge is 0.226 e. The third kappa shape index (κ3) is 3.96. The van der Waals surface area contributed by atoms with Gasteiger partial charge in [0.25, 0.3) is 0 Å². The number of benzene rings is 1. The number of alkyl halides is 1. The van der Waals surface area contributed by atoms with Crippen molar-refractivity contribution in [3.63, 3.8) is 0 Å². The highest BCUT2D eigenvalue weighted by atomic mass is 35.5. The summed E-state index contributed by atoms with van der Waals surface area (Å²) < 4.78 is 34.2. The minimum absolute atomic E-state index is 0.00566. The van der Waals surface area contributed by atoms with Gasteiger partial charge in [-0.25, -0.2) is 18.7 Å². The van der Waals surface area contributed by atoms with E-state index in [-0.39, 0.29) is 42.6 Å². The lowest BCUT2D eigenvalue weighted by atomic mass is 9.69. The molecule has 1 amide bonds. The van der Waals surface area contributed by atoms with Crippen LogP contribution in [0.25, 0.3) is 0 Å². The lowest BCUT2D eigenvalue weighted by molar-refractivity contribution is -0.139. The summed E-state index contributed by atoms with van der Waals surface area (Å²) in [4.78, 5) is 23.3. The first-order chi connectivity index (χ1) is 15.4. The van der Waals surface area contributed by atoms with Crippen LogP contribution >= 0.6 is 11.6 Å². The van der Waals surface area contributed by atoms with Crippen LogP contribution in [0, 0.1) is 29.5 Å². The van der Waals surface area contributed by atoms with E-state index in [1.54, 1.807) is 23.1 Å². The summed E-state index contributed by atoms with van der Waals surface area (Å²) in [6.45, 7) is 2.08. The Morgan fingerprint density at radius 3 is 2.75 bits per heavy atom. The van der Waals surface area contributed by atoms with E-state index in [1.807, 2.05) is 6.92 Å². The summed E-state index contributed by atoms with van der Waals surface area (Å²) in [7, 11) is 0. The SMILES string of the molecule is CC(Oc1cc(Cl)ncn1)C1C[C@H](C(=O)N2CC(F)CC2c2cccc(F)c2)C2CCC12. The highest BCUT2D eigenvalue weighted by Gasteiger charge is 2.55. The maximum absolute atomic E-state index is 14.4. The van der Waals surface area contributed by atoms with Gasteiger partial charge in [-0.1, -0.05) is 23.7 Å². The largest absolute Gasteiger partial charge is 0.474 e. The van der Waals surface area contributed by atoms with Crippen molar-refractivity contribution in [1.82, 2.24) is 14.9 Å². The Balaban J connectivity index is 1.32. The third-order valence-electron chi connectivity index (χ3n) is 7.58. The molecule has 1 aromatic carbocycles. The molecule has 2 saturated carbocycles. The van der Waals surface area contributed by atoms with Crippen LogP contribution in [0.1, 0.15) is 44.2 Å². The molecule has 3 aliphatic rings. The fourth-order valence-corrected chi connectivity index (χ4v) is 6.12. The van der Waals surface area contributed by atoms with E-state index in [0.717, 1.165) is 12.8 Å². The number of nitrogens with zero attached hydrogens (tertiary/aromatic N) is 3. The van der Waals surface area contributed by atoms with E-state index in [0.29, 0.717) is 34.9 Å². The van der Waals surface area contributed by atoms with Crippen LogP contribution in [-0.4, -0.2) is 39.6 Å². The van der Waals surface area contributed by atoms with Crippen LogP contribution in [0.3, 0.4) is 0 Å². The monoisotopic (exact) mass is 461 g/mol. The number of amides is 1. The number of ether oxygens (including phenoxy) is 1.